The summed E-state index contributed by atoms with van der Waals surface area (Å²) >= 11 is 0. The molecular formula is C19H20N2O6S. The van der Waals surface area contributed by atoms with Gasteiger partial charge in [-0.15, -0.1) is 0 Å². The summed E-state index contributed by atoms with van der Waals surface area (Å²) in [6.45, 7) is 4.08. The van der Waals surface area contributed by atoms with Gasteiger partial charge in [0.25, 0.3) is 15.9 Å². The Balaban J connectivity index is 1.68. The minimum absolute atomic E-state index is 0.00529. The number of carbonyl (C=O) groups excluding carboxylic acids is 1. The molecule has 2 aromatic carbocycles. The van der Waals surface area contributed by atoms with Gasteiger partial charge in [0, 0.05) is 18.1 Å². The number of hydrogen-bond donors (Lipinski definition) is 2. The second-order valence-electron chi connectivity index (χ2n) is 6.62. The molecule has 0 bridgehead atoms. The third-order valence-corrected chi connectivity index (χ3v) is 5.80. The summed E-state index contributed by atoms with van der Waals surface area (Å²) in [6.07, 6.45) is 0.771. The van der Waals surface area contributed by atoms with E-state index in [0.29, 0.717) is 35.2 Å². The van der Waals surface area contributed by atoms with Gasteiger partial charge in [-0.2, -0.15) is 0 Å². The molecule has 2 heterocycles. The van der Waals surface area contributed by atoms with Crippen molar-refractivity contribution >= 4 is 27.3 Å². The first-order valence-corrected chi connectivity index (χ1v) is 10.4. The fraction of sp³-hybridized carbons (Fsp3) is 0.316. The van der Waals surface area contributed by atoms with Crippen molar-refractivity contribution in [3.05, 3.63) is 35.9 Å². The molecule has 0 fully saturated rings. The first kappa shape index (κ1) is 18.4. The van der Waals surface area contributed by atoms with Crippen LogP contribution in [0.2, 0.25) is 0 Å². The van der Waals surface area contributed by atoms with Crippen LogP contribution in [0.5, 0.6) is 17.2 Å². The van der Waals surface area contributed by atoms with Gasteiger partial charge < -0.3 is 19.5 Å². The summed E-state index contributed by atoms with van der Waals surface area (Å²) < 4.78 is 45.0. The Labute approximate surface area is 162 Å². The number of fused-ring (bicyclic) bond motifs is 2. The van der Waals surface area contributed by atoms with Crippen LogP contribution in [0.25, 0.3) is 0 Å². The lowest BCUT2D eigenvalue weighted by Gasteiger charge is -2.19. The first-order chi connectivity index (χ1) is 13.4. The largest absolute Gasteiger partial charge is 0.492 e. The molecule has 2 N–H and O–H groups in total. The van der Waals surface area contributed by atoms with E-state index < -0.39 is 10.0 Å². The van der Waals surface area contributed by atoms with Gasteiger partial charge in [0.1, 0.15) is 23.4 Å². The molecule has 8 nitrogen and oxygen atoms in total. The fourth-order valence-electron chi connectivity index (χ4n) is 3.23. The van der Waals surface area contributed by atoms with E-state index >= 15 is 0 Å². The average molecular weight is 404 g/mol. The van der Waals surface area contributed by atoms with Gasteiger partial charge in [-0.1, -0.05) is 0 Å². The maximum atomic E-state index is 12.9. The quantitative estimate of drug-likeness (QED) is 0.794. The normalized spacial score (nSPS) is 17.6. The lowest BCUT2D eigenvalue weighted by atomic mass is 10.1. The zero-order valence-electron chi connectivity index (χ0n) is 15.4. The van der Waals surface area contributed by atoms with Gasteiger partial charge in [0.05, 0.1) is 22.9 Å². The van der Waals surface area contributed by atoms with Crippen molar-refractivity contribution < 1.29 is 27.4 Å². The minimum Gasteiger partial charge on any atom is -0.492 e. The molecule has 0 saturated carbocycles. The zero-order chi connectivity index (χ0) is 19.9. The number of rotatable bonds is 5. The van der Waals surface area contributed by atoms with Gasteiger partial charge >= 0.3 is 0 Å². The van der Waals surface area contributed by atoms with Crippen LogP contribution in [0.3, 0.4) is 0 Å². The van der Waals surface area contributed by atoms with Crippen LogP contribution in [-0.4, -0.2) is 33.6 Å². The Bertz CT molecular complexity index is 1050. The van der Waals surface area contributed by atoms with E-state index in [9.17, 15) is 13.2 Å². The molecule has 0 radical (unpaired) electrons. The van der Waals surface area contributed by atoms with E-state index in [1.165, 1.54) is 18.2 Å². The second kappa shape index (κ2) is 6.90. The monoisotopic (exact) mass is 404 g/mol. The van der Waals surface area contributed by atoms with Gasteiger partial charge in [-0.25, -0.2) is 8.42 Å². The van der Waals surface area contributed by atoms with Crippen LogP contribution in [0.15, 0.2) is 35.2 Å². The first-order valence-electron chi connectivity index (χ1n) is 8.91. The highest BCUT2D eigenvalue weighted by molar-refractivity contribution is 7.92. The van der Waals surface area contributed by atoms with E-state index in [4.69, 9.17) is 14.2 Å². The number of anilines is 2. The highest BCUT2D eigenvalue weighted by Gasteiger charge is 2.25. The zero-order valence-corrected chi connectivity index (χ0v) is 16.3. The van der Waals surface area contributed by atoms with Gasteiger partial charge in [0.15, 0.2) is 6.61 Å². The summed E-state index contributed by atoms with van der Waals surface area (Å²) in [7, 11) is -3.93. The molecule has 2 aliphatic rings. The van der Waals surface area contributed by atoms with Crippen LogP contribution in [0.4, 0.5) is 11.4 Å². The van der Waals surface area contributed by atoms with E-state index in [-0.39, 0.29) is 23.5 Å². The highest BCUT2D eigenvalue weighted by atomic mass is 32.2. The molecule has 2 aliphatic heterocycles. The average Bonchev–Trinajstić information content (AvgIpc) is 3.00. The molecule has 0 saturated heterocycles. The van der Waals surface area contributed by atoms with Crippen LogP contribution in [0, 0.1) is 0 Å². The maximum absolute atomic E-state index is 12.9. The molecule has 9 heteroatoms. The summed E-state index contributed by atoms with van der Waals surface area (Å²) in [5.74, 6) is 1.17. The smallest absolute Gasteiger partial charge is 0.262 e. The SMILES string of the molecule is CCOc1cc2c(cc1NS(=O)(=O)c1ccc3c(c1)NC(=O)CO3)O[C@H](C)C2. The maximum Gasteiger partial charge on any atom is 0.262 e. The second-order valence-corrected chi connectivity index (χ2v) is 8.30. The van der Waals surface area contributed by atoms with Crippen LogP contribution < -0.4 is 24.2 Å². The summed E-state index contributed by atoms with van der Waals surface area (Å²) in [5, 5.41) is 2.61. The van der Waals surface area contributed by atoms with Crippen LogP contribution >= 0.6 is 0 Å². The predicted molar refractivity (Wildman–Crippen MR) is 103 cm³/mol. The minimum atomic E-state index is -3.93. The van der Waals surface area contributed by atoms with Crippen LogP contribution in [0.1, 0.15) is 19.4 Å². The van der Waals surface area contributed by atoms with Crippen LogP contribution in [-0.2, 0) is 21.2 Å². The molecular weight excluding hydrogens is 384 g/mol. The van der Waals surface area contributed by atoms with Gasteiger partial charge in [-0.05, 0) is 38.1 Å². The third kappa shape index (κ3) is 3.45. The summed E-state index contributed by atoms with van der Waals surface area (Å²) in [6, 6.07) is 7.75. The molecule has 148 valence electrons. The molecule has 0 aliphatic carbocycles. The van der Waals surface area contributed by atoms with Crippen molar-refractivity contribution in [3.8, 4) is 17.2 Å². The Morgan fingerprint density at radius 2 is 2.07 bits per heavy atom. The summed E-state index contributed by atoms with van der Waals surface area (Å²) in [5.41, 5.74) is 1.59. The lowest BCUT2D eigenvalue weighted by Crippen LogP contribution is -2.25. The van der Waals surface area contributed by atoms with Gasteiger partial charge in [-0.3, -0.25) is 9.52 Å². The number of carbonyl (C=O) groups is 1. The van der Waals surface area contributed by atoms with Crippen molar-refractivity contribution in [2.75, 3.05) is 23.3 Å². The van der Waals surface area contributed by atoms with Crippen molar-refractivity contribution in [2.24, 2.45) is 0 Å². The number of benzene rings is 2. The van der Waals surface area contributed by atoms with E-state index in [1.54, 1.807) is 12.1 Å². The molecule has 1 amide bonds. The Morgan fingerprint density at radius 3 is 2.86 bits per heavy atom. The van der Waals surface area contributed by atoms with E-state index in [2.05, 4.69) is 10.0 Å². The summed E-state index contributed by atoms with van der Waals surface area (Å²) in [4.78, 5) is 11.5. The van der Waals surface area contributed by atoms with E-state index in [1.807, 2.05) is 13.8 Å². The number of ether oxygens (including phenoxy) is 3. The predicted octanol–water partition coefficient (Wildman–Crippen LogP) is 2.54. The Hall–Kier alpha value is -2.94. The molecule has 0 spiro atoms. The van der Waals surface area contributed by atoms with Crippen molar-refractivity contribution in [1.29, 1.82) is 0 Å². The van der Waals surface area contributed by atoms with Gasteiger partial charge in [0.2, 0.25) is 0 Å². The van der Waals surface area contributed by atoms with Crippen molar-refractivity contribution in [3.63, 3.8) is 0 Å². The molecule has 28 heavy (non-hydrogen) atoms. The molecule has 0 unspecified atom stereocenters. The fourth-order valence-corrected chi connectivity index (χ4v) is 4.31. The number of sulfonamides is 1. The highest BCUT2D eigenvalue weighted by Crippen LogP contribution is 2.39. The third-order valence-electron chi connectivity index (χ3n) is 4.44. The number of nitrogens with one attached hydrogen (secondary N) is 2. The standard InChI is InChI=1S/C19H20N2O6S/c1-3-25-18-7-12-6-11(2)27-17(12)9-15(18)21-28(23,24)13-4-5-16-14(8-13)20-19(22)10-26-16/h4-5,7-9,11,21H,3,6,10H2,1-2H3,(H,20,22)/t11-/m1/s1. The lowest BCUT2D eigenvalue weighted by molar-refractivity contribution is -0.118. The molecule has 4 rings (SSSR count). The van der Waals surface area contributed by atoms with Crippen molar-refractivity contribution in [1.82, 2.24) is 0 Å². The molecule has 1 atom stereocenters. The number of amides is 1. The van der Waals surface area contributed by atoms with E-state index in [0.717, 1.165) is 12.0 Å². The molecule has 2 aromatic rings. The Morgan fingerprint density at radius 1 is 1.25 bits per heavy atom. The topological polar surface area (TPSA) is 103 Å². The molecule has 0 aromatic heterocycles. The number of hydrogen-bond acceptors (Lipinski definition) is 6. The Kier molecular flexibility index (Phi) is 4.54. The van der Waals surface area contributed by atoms with Crippen molar-refractivity contribution in [2.45, 2.75) is 31.3 Å².